The molecule has 2 heteroatoms. The van der Waals surface area contributed by atoms with Gasteiger partial charge in [0, 0.05) is 0 Å². The van der Waals surface area contributed by atoms with Gasteiger partial charge in [0.1, 0.15) is 6.07 Å². The molecule has 0 heterocycles. The van der Waals surface area contributed by atoms with E-state index in [1.54, 1.807) is 6.07 Å². The highest BCUT2D eigenvalue weighted by Crippen LogP contribution is 2.37. The Labute approximate surface area is 164 Å². The summed E-state index contributed by atoms with van der Waals surface area (Å²) in [6.45, 7) is 2.21. The molecule has 144 valence electrons. The van der Waals surface area contributed by atoms with E-state index in [9.17, 15) is 4.39 Å². The summed E-state index contributed by atoms with van der Waals surface area (Å²) in [7, 11) is 0. The van der Waals surface area contributed by atoms with Gasteiger partial charge in [0.2, 0.25) is 0 Å². The molecular weight excluding hydrogens is 333 g/mol. The fourth-order valence-corrected chi connectivity index (χ4v) is 4.73. The molecule has 0 aliphatic heterocycles. The van der Waals surface area contributed by atoms with Gasteiger partial charge in [-0.25, -0.2) is 0 Å². The van der Waals surface area contributed by atoms with Gasteiger partial charge in [0.25, 0.3) is 0 Å². The number of nitrogens with zero attached hydrogens (tertiary/aromatic N) is 1. The standard InChI is InChI=1S/C25H32FN/c1-2-19-9-13-23(14-10-19)24-15-11-21(12-16-24)4-3-20-5-7-22(8-6-20)17-25(26)18-27/h3-4,9-10,13-14,17,20-22,24H,2,5-8,11-12,15-16H2,1H3/b4-3+,25-17?/t20-,21-,22-,24-. The van der Waals surface area contributed by atoms with Crippen molar-refractivity contribution >= 4 is 0 Å². The number of aryl methyl sites for hydroxylation is 1. The summed E-state index contributed by atoms with van der Waals surface area (Å²) in [5.41, 5.74) is 2.95. The molecule has 0 N–H and O–H groups in total. The Morgan fingerprint density at radius 2 is 1.44 bits per heavy atom. The number of benzene rings is 1. The first-order valence-corrected chi connectivity index (χ1v) is 10.7. The molecule has 2 aliphatic rings. The quantitative estimate of drug-likeness (QED) is 0.398. The zero-order valence-electron chi connectivity index (χ0n) is 16.5. The van der Waals surface area contributed by atoms with Gasteiger partial charge in [0.15, 0.2) is 5.83 Å². The zero-order chi connectivity index (χ0) is 19.1. The van der Waals surface area contributed by atoms with Crippen LogP contribution in [0.1, 0.15) is 75.3 Å². The summed E-state index contributed by atoms with van der Waals surface area (Å²) >= 11 is 0. The van der Waals surface area contributed by atoms with Crippen LogP contribution >= 0.6 is 0 Å². The van der Waals surface area contributed by atoms with Crippen LogP contribution in [0.3, 0.4) is 0 Å². The van der Waals surface area contributed by atoms with E-state index in [4.69, 9.17) is 5.26 Å². The lowest BCUT2D eigenvalue weighted by molar-refractivity contribution is 0.346. The smallest absolute Gasteiger partial charge is 0.195 e. The number of nitriles is 1. The zero-order valence-corrected chi connectivity index (χ0v) is 16.5. The largest absolute Gasteiger partial charge is 0.196 e. The van der Waals surface area contributed by atoms with Gasteiger partial charge in [-0.1, -0.05) is 43.3 Å². The molecule has 1 nitrogen and oxygen atoms in total. The van der Waals surface area contributed by atoms with Gasteiger partial charge in [-0.15, -0.1) is 0 Å². The van der Waals surface area contributed by atoms with Crippen LogP contribution in [0, 0.1) is 29.1 Å². The molecule has 0 radical (unpaired) electrons. The predicted octanol–water partition coefficient (Wildman–Crippen LogP) is 7.26. The Bertz CT molecular complexity index is 678. The van der Waals surface area contributed by atoms with Crippen LogP contribution in [0.15, 0.2) is 48.3 Å². The van der Waals surface area contributed by atoms with Crippen molar-refractivity contribution in [2.45, 2.75) is 70.6 Å². The van der Waals surface area contributed by atoms with E-state index < -0.39 is 5.83 Å². The van der Waals surface area contributed by atoms with Gasteiger partial charge in [-0.05, 0) is 98.7 Å². The van der Waals surface area contributed by atoms with Crippen LogP contribution in [-0.4, -0.2) is 0 Å². The minimum atomic E-state index is -0.616. The molecule has 0 unspecified atom stereocenters. The van der Waals surface area contributed by atoms with Crippen molar-refractivity contribution in [1.82, 2.24) is 0 Å². The lowest BCUT2D eigenvalue weighted by Crippen LogP contribution is -2.14. The molecule has 1 aromatic carbocycles. The van der Waals surface area contributed by atoms with Crippen molar-refractivity contribution in [3.05, 3.63) is 59.4 Å². The van der Waals surface area contributed by atoms with Crippen LogP contribution in [0.2, 0.25) is 0 Å². The molecule has 2 aliphatic carbocycles. The minimum Gasteiger partial charge on any atom is -0.195 e. The summed E-state index contributed by atoms with van der Waals surface area (Å²) < 4.78 is 13.1. The highest BCUT2D eigenvalue weighted by atomic mass is 19.1. The molecule has 2 fully saturated rings. The first-order valence-electron chi connectivity index (χ1n) is 10.7. The van der Waals surface area contributed by atoms with Crippen LogP contribution in [-0.2, 0) is 6.42 Å². The Kier molecular flexibility index (Phi) is 7.27. The normalized spacial score (nSPS) is 29.6. The Balaban J connectivity index is 1.42. The van der Waals surface area contributed by atoms with Crippen LogP contribution in [0.25, 0.3) is 0 Å². The molecule has 0 amide bonds. The molecule has 3 rings (SSSR count). The molecule has 1 aromatic rings. The second-order valence-corrected chi connectivity index (χ2v) is 8.39. The van der Waals surface area contributed by atoms with Crippen molar-refractivity contribution in [3.8, 4) is 6.07 Å². The van der Waals surface area contributed by atoms with E-state index in [1.807, 2.05) is 0 Å². The molecule has 0 bridgehead atoms. The average molecular weight is 366 g/mol. The topological polar surface area (TPSA) is 23.8 Å². The number of rotatable bonds is 5. The maximum Gasteiger partial charge on any atom is 0.196 e. The van der Waals surface area contributed by atoms with Crippen molar-refractivity contribution in [2.75, 3.05) is 0 Å². The maximum atomic E-state index is 13.1. The monoisotopic (exact) mass is 365 g/mol. The lowest BCUT2D eigenvalue weighted by Gasteiger charge is -2.28. The van der Waals surface area contributed by atoms with Gasteiger partial charge in [-0.3, -0.25) is 0 Å². The number of hydrogen-bond acceptors (Lipinski definition) is 1. The van der Waals surface area contributed by atoms with Gasteiger partial charge >= 0.3 is 0 Å². The van der Waals surface area contributed by atoms with E-state index in [-0.39, 0.29) is 5.92 Å². The molecule has 2 saturated carbocycles. The third kappa shape index (κ3) is 5.80. The summed E-state index contributed by atoms with van der Waals surface area (Å²) in [4.78, 5) is 0. The fourth-order valence-electron chi connectivity index (χ4n) is 4.73. The highest BCUT2D eigenvalue weighted by Gasteiger charge is 2.22. The second-order valence-electron chi connectivity index (χ2n) is 8.39. The SMILES string of the molecule is CCc1ccc([C@H]2CC[C@H](/C=C/[C@H]3CC[C@H](C=C(F)C#N)CC3)CC2)cc1. The molecule has 0 spiro atoms. The van der Waals surface area contributed by atoms with E-state index in [0.717, 1.165) is 43.9 Å². The van der Waals surface area contributed by atoms with E-state index in [2.05, 4.69) is 43.3 Å². The summed E-state index contributed by atoms with van der Waals surface area (Å²) in [6.07, 6.45) is 17.0. The first-order chi connectivity index (χ1) is 13.2. The summed E-state index contributed by atoms with van der Waals surface area (Å²) in [5, 5.41) is 8.56. The average Bonchev–Trinajstić information content (AvgIpc) is 2.73. The molecule has 0 atom stereocenters. The van der Waals surface area contributed by atoms with Crippen molar-refractivity contribution in [1.29, 1.82) is 5.26 Å². The molecular formula is C25H32FN. The maximum absolute atomic E-state index is 13.1. The van der Waals surface area contributed by atoms with Crippen molar-refractivity contribution in [2.24, 2.45) is 17.8 Å². The van der Waals surface area contributed by atoms with Gasteiger partial charge in [0.05, 0.1) is 0 Å². The predicted molar refractivity (Wildman–Crippen MR) is 110 cm³/mol. The second kappa shape index (κ2) is 9.88. The minimum absolute atomic E-state index is 0.254. The summed E-state index contributed by atoms with van der Waals surface area (Å²) in [6, 6.07) is 10.8. The fraction of sp³-hybridized carbons (Fsp3) is 0.560. The third-order valence-corrected chi connectivity index (χ3v) is 6.59. The van der Waals surface area contributed by atoms with Gasteiger partial charge in [-0.2, -0.15) is 9.65 Å². The van der Waals surface area contributed by atoms with Crippen molar-refractivity contribution in [3.63, 3.8) is 0 Å². The molecule has 0 saturated heterocycles. The number of allylic oxidation sites excluding steroid dienone is 4. The van der Waals surface area contributed by atoms with E-state index in [1.165, 1.54) is 42.9 Å². The first kappa shape index (κ1) is 19.9. The molecule has 27 heavy (non-hydrogen) atoms. The third-order valence-electron chi connectivity index (χ3n) is 6.59. The Hall–Kier alpha value is -1.88. The molecule has 0 aromatic heterocycles. The number of hydrogen-bond donors (Lipinski definition) is 0. The Morgan fingerprint density at radius 3 is 1.96 bits per heavy atom. The van der Waals surface area contributed by atoms with Crippen LogP contribution < -0.4 is 0 Å². The summed E-state index contributed by atoms with van der Waals surface area (Å²) in [5.74, 6) is 1.74. The van der Waals surface area contributed by atoms with Crippen LogP contribution in [0.4, 0.5) is 4.39 Å². The van der Waals surface area contributed by atoms with Gasteiger partial charge < -0.3 is 0 Å². The van der Waals surface area contributed by atoms with Crippen molar-refractivity contribution < 1.29 is 4.39 Å². The van der Waals surface area contributed by atoms with Crippen LogP contribution in [0.5, 0.6) is 0 Å². The number of halogens is 1. The Morgan fingerprint density at radius 1 is 0.926 bits per heavy atom. The highest BCUT2D eigenvalue weighted by molar-refractivity contribution is 5.26. The van der Waals surface area contributed by atoms with E-state index in [0.29, 0.717) is 5.92 Å². The van der Waals surface area contributed by atoms with E-state index >= 15 is 0 Å². The lowest BCUT2D eigenvalue weighted by atomic mass is 9.77.